The topological polar surface area (TPSA) is 32.3 Å². The van der Waals surface area contributed by atoms with Gasteiger partial charge in [0.05, 0.1) is 6.10 Å². The Labute approximate surface area is 76.3 Å². The number of halogens is 2. The van der Waals surface area contributed by atoms with Gasteiger partial charge in [-0.15, -0.1) is 0 Å². The van der Waals surface area contributed by atoms with Crippen LogP contribution in [-0.2, 0) is 0 Å². The zero-order chi connectivity index (χ0) is 9.53. The highest BCUT2D eigenvalue weighted by Crippen LogP contribution is 2.42. The standard InChI is InChI=1S/C9H15F2NO/c10-9(11)3-1-8(2-4-9)5-7(13)6-12-8/h7,12-13H,1-6H2. The summed E-state index contributed by atoms with van der Waals surface area (Å²) < 4.78 is 25.7. The first-order valence-electron chi connectivity index (χ1n) is 4.82. The van der Waals surface area contributed by atoms with E-state index in [1.807, 2.05) is 0 Å². The molecule has 0 radical (unpaired) electrons. The summed E-state index contributed by atoms with van der Waals surface area (Å²) in [5.41, 5.74) is -0.179. The first-order valence-corrected chi connectivity index (χ1v) is 4.82. The molecule has 2 N–H and O–H groups in total. The van der Waals surface area contributed by atoms with Gasteiger partial charge in [-0.3, -0.25) is 0 Å². The number of hydrogen-bond acceptors (Lipinski definition) is 2. The van der Waals surface area contributed by atoms with Crippen LogP contribution in [-0.4, -0.2) is 29.2 Å². The maximum atomic E-state index is 12.8. The quantitative estimate of drug-likeness (QED) is 0.604. The Bertz CT molecular complexity index is 198. The monoisotopic (exact) mass is 191 g/mol. The van der Waals surface area contributed by atoms with Gasteiger partial charge in [0.1, 0.15) is 0 Å². The molecular weight excluding hydrogens is 176 g/mol. The van der Waals surface area contributed by atoms with Crippen molar-refractivity contribution in [1.82, 2.24) is 5.32 Å². The lowest BCUT2D eigenvalue weighted by molar-refractivity contribution is -0.0544. The van der Waals surface area contributed by atoms with Crippen LogP contribution in [0.5, 0.6) is 0 Å². The van der Waals surface area contributed by atoms with Gasteiger partial charge in [-0.05, 0) is 19.3 Å². The molecule has 0 aromatic heterocycles. The number of rotatable bonds is 0. The van der Waals surface area contributed by atoms with Gasteiger partial charge in [0.2, 0.25) is 5.92 Å². The summed E-state index contributed by atoms with van der Waals surface area (Å²) in [6.45, 7) is 0.561. The van der Waals surface area contributed by atoms with Crippen LogP contribution in [0, 0.1) is 0 Å². The molecule has 4 heteroatoms. The molecule has 2 rings (SSSR count). The summed E-state index contributed by atoms with van der Waals surface area (Å²) in [6, 6.07) is 0. The number of aliphatic hydroxyl groups is 1. The second kappa shape index (κ2) is 2.89. The smallest absolute Gasteiger partial charge is 0.248 e. The van der Waals surface area contributed by atoms with Crippen molar-refractivity contribution in [3.63, 3.8) is 0 Å². The minimum absolute atomic E-state index is 0.0350. The summed E-state index contributed by atoms with van der Waals surface area (Å²) in [6.07, 6.45) is 1.23. The molecule has 2 aliphatic rings. The number of hydrogen-bond donors (Lipinski definition) is 2. The largest absolute Gasteiger partial charge is 0.392 e. The van der Waals surface area contributed by atoms with E-state index >= 15 is 0 Å². The van der Waals surface area contributed by atoms with Crippen LogP contribution in [0.25, 0.3) is 0 Å². The maximum absolute atomic E-state index is 12.8. The zero-order valence-electron chi connectivity index (χ0n) is 7.52. The highest BCUT2D eigenvalue weighted by atomic mass is 19.3. The molecule has 1 aliphatic heterocycles. The third kappa shape index (κ3) is 1.83. The van der Waals surface area contributed by atoms with Crippen molar-refractivity contribution >= 4 is 0 Å². The van der Waals surface area contributed by atoms with Gasteiger partial charge >= 0.3 is 0 Å². The summed E-state index contributed by atoms with van der Waals surface area (Å²) in [5, 5.41) is 12.5. The van der Waals surface area contributed by atoms with Crippen LogP contribution < -0.4 is 5.32 Å². The van der Waals surface area contributed by atoms with E-state index < -0.39 is 5.92 Å². The predicted octanol–water partition coefficient (Wildman–Crippen LogP) is 1.29. The van der Waals surface area contributed by atoms with Crippen molar-refractivity contribution in [3.05, 3.63) is 0 Å². The van der Waals surface area contributed by atoms with Crippen LogP contribution >= 0.6 is 0 Å². The van der Waals surface area contributed by atoms with E-state index in [0.717, 1.165) is 0 Å². The summed E-state index contributed by atoms with van der Waals surface area (Å²) in [7, 11) is 0. The number of β-amino-alcohol motifs (C(OH)–C–C–N with tert-alkyl or cyclic N) is 1. The molecule has 1 heterocycles. The lowest BCUT2D eigenvalue weighted by Crippen LogP contribution is -2.45. The molecule has 2 fully saturated rings. The second-order valence-corrected chi connectivity index (χ2v) is 4.38. The first-order chi connectivity index (χ1) is 6.02. The third-order valence-electron chi connectivity index (χ3n) is 3.28. The Hall–Kier alpha value is -0.220. The van der Waals surface area contributed by atoms with Crippen molar-refractivity contribution < 1.29 is 13.9 Å². The van der Waals surface area contributed by atoms with E-state index in [4.69, 9.17) is 0 Å². The van der Waals surface area contributed by atoms with E-state index in [2.05, 4.69) is 5.32 Å². The first kappa shape index (κ1) is 9.34. The molecule has 1 atom stereocenters. The summed E-state index contributed by atoms with van der Waals surface area (Å²) >= 11 is 0. The molecule has 0 bridgehead atoms. The Morgan fingerprint density at radius 2 is 1.77 bits per heavy atom. The zero-order valence-corrected chi connectivity index (χ0v) is 7.52. The fourth-order valence-electron chi connectivity index (χ4n) is 2.40. The van der Waals surface area contributed by atoms with Gasteiger partial charge in [0, 0.05) is 24.9 Å². The fourth-order valence-corrected chi connectivity index (χ4v) is 2.40. The minimum Gasteiger partial charge on any atom is -0.392 e. The lowest BCUT2D eigenvalue weighted by atomic mass is 9.79. The van der Waals surface area contributed by atoms with E-state index in [1.165, 1.54) is 0 Å². The van der Waals surface area contributed by atoms with Crippen molar-refractivity contribution in [3.8, 4) is 0 Å². The molecule has 1 unspecified atom stereocenters. The molecule has 76 valence electrons. The molecule has 0 aromatic rings. The van der Waals surface area contributed by atoms with Gasteiger partial charge < -0.3 is 10.4 Å². The summed E-state index contributed by atoms with van der Waals surface area (Å²) in [5.74, 6) is -2.47. The molecule has 1 aliphatic carbocycles. The number of nitrogens with one attached hydrogen (secondary N) is 1. The average Bonchev–Trinajstić information content (AvgIpc) is 2.41. The van der Waals surface area contributed by atoms with E-state index in [1.54, 1.807) is 0 Å². The molecule has 1 saturated heterocycles. The van der Waals surface area contributed by atoms with Crippen molar-refractivity contribution in [1.29, 1.82) is 0 Å². The van der Waals surface area contributed by atoms with E-state index in [-0.39, 0.29) is 24.5 Å². The minimum atomic E-state index is -2.47. The van der Waals surface area contributed by atoms with Gasteiger partial charge in [0.15, 0.2) is 0 Å². The van der Waals surface area contributed by atoms with Gasteiger partial charge in [0.25, 0.3) is 0 Å². The third-order valence-corrected chi connectivity index (χ3v) is 3.28. The fraction of sp³-hybridized carbons (Fsp3) is 1.00. The van der Waals surface area contributed by atoms with E-state index in [9.17, 15) is 13.9 Å². The summed E-state index contributed by atoms with van der Waals surface area (Å²) in [4.78, 5) is 0. The molecule has 1 saturated carbocycles. The van der Waals surface area contributed by atoms with Crippen LogP contribution in [0.3, 0.4) is 0 Å². The maximum Gasteiger partial charge on any atom is 0.248 e. The van der Waals surface area contributed by atoms with Gasteiger partial charge in [-0.2, -0.15) is 0 Å². The SMILES string of the molecule is OC1CNC2(CCC(F)(F)CC2)C1. The Kier molecular flexibility index (Phi) is 2.07. The van der Waals surface area contributed by atoms with E-state index in [0.29, 0.717) is 25.8 Å². The lowest BCUT2D eigenvalue weighted by Gasteiger charge is -2.37. The van der Waals surface area contributed by atoms with Crippen LogP contribution in [0.15, 0.2) is 0 Å². The van der Waals surface area contributed by atoms with Gasteiger partial charge in [-0.25, -0.2) is 8.78 Å². The Balaban J connectivity index is 1.97. The molecule has 2 nitrogen and oxygen atoms in total. The predicted molar refractivity (Wildman–Crippen MR) is 44.8 cm³/mol. The number of alkyl halides is 2. The Morgan fingerprint density at radius 1 is 1.15 bits per heavy atom. The van der Waals surface area contributed by atoms with Crippen LogP contribution in [0.1, 0.15) is 32.1 Å². The Morgan fingerprint density at radius 3 is 2.23 bits per heavy atom. The highest BCUT2D eigenvalue weighted by Gasteiger charge is 2.46. The van der Waals surface area contributed by atoms with Crippen molar-refractivity contribution in [2.45, 2.75) is 49.7 Å². The van der Waals surface area contributed by atoms with Crippen LogP contribution in [0.2, 0.25) is 0 Å². The van der Waals surface area contributed by atoms with Crippen LogP contribution in [0.4, 0.5) is 8.78 Å². The van der Waals surface area contributed by atoms with Gasteiger partial charge in [-0.1, -0.05) is 0 Å². The average molecular weight is 191 g/mol. The normalized spacial score (nSPS) is 36.7. The molecule has 0 amide bonds. The number of aliphatic hydroxyl groups excluding tert-OH is 1. The molecular formula is C9H15F2NO. The highest BCUT2D eigenvalue weighted by molar-refractivity contribution is 5.01. The van der Waals surface area contributed by atoms with Crippen molar-refractivity contribution in [2.75, 3.05) is 6.54 Å². The van der Waals surface area contributed by atoms with Crippen molar-refractivity contribution in [2.24, 2.45) is 0 Å². The second-order valence-electron chi connectivity index (χ2n) is 4.38. The molecule has 13 heavy (non-hydrogen) atoms. The molecule has 1 spiro atoms. The molecule has 0 aromatic carbocycles.